The molecule has 0 radical (unpaired) electrons. The molecule has 0 saturated carbocycles. The number of fused-ring (bicyclic) bond motifs is 1. The smallest absolute Gasteiger partial charge is 0.227 e. The van der Waals surface area contributed by atoms with Gasteiger partial charge in [0, 0.05) is 10.6 Å². The highest BCUT2D eigenvalue weighted by Crippen LogP contribution is 2.25. The zero-order valence-corrected chi connectivity index (χ0v) is 10.7. The van der Waals surface area contributed by atoms with E-state index in [1.165, 1.54) is 5.56 Å². The van der Waals surface area contributed by atoms with Crippen LogP contribution in [-0.4, -0.2) is 4.98 Å². The summed E-state index contributed by atoms with van der Waals surface area (Å²) in [6.45, 7) is 2.13. The Morgan fingerprint density at radius 3 is 2.61 bits per heavy atom. The van der Waals surface area contributed by atoms with E-state index in [4.69, 9.17) is 16.0 Å². The molecule has 0 amide bonds. The van der Waals surface area contributed by atoms with E-state index < -0.39 is 0 Å². The first-order valence-electron chi connectivity index (χ1n) is 5.91. The number of hydrogen-bond acceptors (Lipinski definition) is 2. The van der Waals surface area contributed by atoms with Gasteiger partial charge >= 0.3 is 0 Å². The molecule has 0 aliphatic rings. The molecule has 2 nitrogen and oxygen atoms in total. The average molecular weight is 258 g/mol. The van der Waals surface area contributed by atoms with Crippen LogP contribution in [0.2, 0.25) is 5.02 Å². The molecule has 90 valence electrons. The van der Waals surface area contributed by atoms with Crippen LogP contribution in [0.3, 0.4) is 0 Å². The van der Waals surface area contributed by atoms with Crippen molar-refractivity contribution in [1.29, 1.82) is 0 Å². The lowest BCUT2D eigenvalue weighted by molar-refractivity contribution is 0.620. The van der Waals surface area contributed by atoms with Gasteiger partial charge in [0.25, 0.3) is 0 Å². The van der Waals surface area contributed by atoms with Gasteiger partial charge in [-0.05, 0) is 48.4 Å². The lowest BCUT2D eigenvalue weighted by Crippen LogP contribution is -1.79. The van der Waals surface area contributed by atoms with E-state index in [2.05, 4.69) is 24.0 Å². The lowest BCUT2D eigenvalue weighted by Gasteiger charge is -1.94. The molecule has 0 N–H and O–H groups in total. The monoisotopic (exact) mass is 257 g/mol. The minimum absolute atomic E-state index is 0.634. The zero-order valence-electron chi connectivity index (χ0n) is 9.98. The van der Waals surface area contributed by atoms with Gasteiger partial charge in [-0.25, -0.2) is 4.98 Å². The maximum absolute atomic E-state index is 5.87. The van der Waals surface area contributed by atoms with Gasteiger partial charge in [0.1, 0.15) is 5.52 Å². The second-order valence-electron chi connectivity index (χ2n) is 4.18. The van der Waals surface area contributed by atoms with Crippen LogP contribution in [-0.2, 0) is 6.42 Å². The number of rotatable bonds is 2. The van der Waals surface area contributed by atoms with Crippen LogP contribution in [0, 0.1) is 0 Å². The number of oxazole rings is 1. The molecule has 0 bridgehead atoms. The molecule has 18 heavy (non-hydrogen) atoms. The standard InChI is InChI=1S/C15H12ClNO/c1-2-10-3-8-14-13(9-10)17-15(18-14)11-4-6-12(16)7-5-11/h3-9H,2H2,1H3. The molecule has 0 saturated heterocycles. The number of nitrogens with zero attached hydrogens (tertiary/aromatic N) is 1. The highest BCUT2D eigenvalue weighted by atomic mass is 35.5. The second kappa shape index (κ2) is 4.46. The molecular weight excluding hydrogens is 246 g/mol. The zero-order chi connectivity index (χ0) is 12.5. The SMILES string of the molecule is CCc1ccc2oc(-c3ccc(Cl)cc3)nc2c1. The Kier molecular flexibility index (Phi) is 2.80. The molecule has 0 atom stereocenters. The number of benzene rings is 2. The van der Waals surface area contributed by atoms with Crippen molar-refractivity contribution in [2.45, 2.75) is 13.3 Å². The minimum atomic E-state index is 0.634. The topological polar surface area (TPSA) is 26.0 Å². The first-order chi connectivity index (χ1) is 8.76. The molecular formula is C15H12ClNO. The van der Waals surface area contributed by atoms with Gasteiger partial charge in [-0.1, -0.05) is 24.6 Å². The maximum Gasteiger partial charge on any atom is 0.227 e. The molecule has 3 aromatic rings. The Morgan fingerprint density at radius 2 is 1.89 bits per heavy atom. The third kappa shape index (κ3) is 2.00. The average Bonchev–Trinajstić information content (AvgIpc) is 2.82. The Morgan fingerprint density at radius 1 is 1.11 bits per heavy atom. The van der Waals surface area contributed by atoms with E-state index in [0.29, 0.717) is 10.9 Å². The van der Waals surface area contributed by atoms with Crippen LogP contribution in [0.15, 0.2) is 46.9 Å². The highest BCUT2D eigenvalue weighted by molar-refractivity contribution is 6.30. The van der Waals surface area contributed by atoms with E-state index >= 15 is 0 Å². The summed E-state index contributed by atoms with van der Waals surface area (Å²) in [6, 6.07) is 13.6. The fraction of sp³-hybridized carbons (Fsp3) is 0.133. The second-order valence-corrected chi connectivity index (χ2v) is 4.62. The lowest BCUT2D eigenvalue weighted by atomic mass is 10.1. The predicted octanol–water partition coefficient (Wildman–Crippen LogP) is 4.71. The third-order valence-corrected chi connectivity index (χ3v) is 3.20. The summed E-state index contributed by atoms with van der Waals surface area (Å²) >= 11 is 5.87. The molecule has 1 heterocycles. The largest absolute Gasteiger partial charge is 0.436 e. The normalized spacial score (nSPS) is 11.0. The number of aryl methyl sites for hydroxylation is 1. The van der Waals surface area contributed by atoms with E-state index in [9.17, 15) is 0 Å². The number of aromatic nitrogens is 1. The van der Waals surface area contributed by atoms with Crippen molar-refractivity contribution in [2.75, 3.05) is 0 Å². The number of halogens is 1. The van der Waals surface area contributed by atoms with Crippen LogP contribution in [0.25, 0.3) is 22.6 Å². The summed E-state index contributed by atoms with van der Waals surface area (Å²) in [4.78, 5) is 4.51. The Bertz CT molecular complexity index is 685. The van der Waals surface area contributed by atoms with Gasteiger partial charge in [0.05, 0.1) is 0 Å². The van der Waals surface area contributed by atoms with E-state index in [1.807, 2.05) is 30.3 Å². The van der Waals surface area contributed by atoms with Crippen LogP contribution in [0.4, 0.5) is 0 Å². The first kappa shape index (κ1) is 11.3. The van der Waals surface area contributed by atoms with Crippen molar-refractivity contribution in [3.63, 3.8) is 0 Å². The number of hydrogen-bond donors (Lipinski definition) is 0. The summed E-state index contributed by atoms with van der Waals surface area (Å²) < 4.78 is 5.74. The van der Waals surface area contributed by atoms with Crippen molar-refractivity contribution in [3.8, 4) is 11.5 Å². The summed E-state index contributed by atoms with van der Waals surface area (Å²) in [5.41, 5.74) is 3.92. The molecule has 0 aliphatic carbocycles. The van der Waals surface area contributed by atoms with Crippen molar-refractivity contribution in [1.82, 2.24) is 4.98 Å². The molecule has 1 aromatic heterocycles. The Balaban J connectivity index is 2.10. The summed E-state index contributed by atoms with van der Waals surface area (Å²) in [5.74, 6) is 0.634. The fourth-order valence-corrected chi connectivity index (χ4v) is 2.03. The molecule has 0 aliphatic heterocycles. The van der Waals surface area contributed by atoms with Gasteiger partial charge < -0.3 is 4.42 Å². The predicted molar refractivity (Wildman–Crippen MR) is 73.8 cm³/mol. The van der Waals surface area contributed by atoms with E-state index in [1.54, 1.807) is 0 Å². The maximum atomic E-state index is 5.87. The molecule has 0 unspecified atom stereocenters. The van der Waals surface area contributed by atoms with Gasteiger partial charge in [-0.3, -0.25) is 0 Å². The molecule has 3 heteroatoms. The summed E-state index contributed by atoms with van der Waals surface area (Å²) in [7, 11) is 0. The summed E-state index contributed by atoms with van der Waals surface area (Å²) in [6.07, 6.45) is 0.999. The van der Waals surface area contributed by atoms with Crippen molar-refractivity contribution >= 4 is 22.7 Å². The summed E-state index contributed by atoms with van der Waals surface area (Å²) in [5, 5.41) is 0.711. The molecule has 0 spiro atoms. The molecule has 2 aromatic carbocycles. The van der Waals surface area contributed by atoms with Gasteiger partial charge in [0.15, 0.2) is 5.58 Å². The Hall–Kier alpha value is -1.80. The van der Waals surface area contributed by atoms with E-state index in [-0.39, 0.29) is 0 Å². The van der Waals surface area contributed by atoms with Gasteiger partial charge in [-0.2, -0.15) is 0 Å². The molecule has 0 fully saturated rings. The van der Waals surface area contributed by atoms with Gasteiger partial charge in [0.2, 0.25) is 5.89 Å². The van der Waals surface area contributed by atoms with Crippen LogP contribution < -0.4 is 0 Å². The highest BCUT2D eigenvalue weighted by Gasteiger charge is 2.08. The van der Waals surface area contributed by atoms with Crippen molar-refractivity contribution in [3.05, 3.63) is 53.1 Å². The van der Waals surface area contributed by atoms with Crippen LogP contribution in [0.5, 0.6) is 0 Å². The fourth-order valence-electron chi connectivity index (χ4n) is 1.91. The molecule has 3 rings (SSSR count). The van der Waals surface area contributed by atoms with Crippen LogP contribution >= 0.6 is 11.6 Å². The first-order valence-corrected chi connectivity index (χ1v) is 6.29. The van der Waals surface area contributed by atoms with Crippen molar-refractivity contribution < 1.29 is 4.42 Å². The minimum Gasteiger partial charge on any atom is -0.436 e. The third-order valence-electron chi connectivity index (χ3n) is 2.95. The van der Waals surface area contributed by atoms with Crippen molar-refractivity contribution in [2.24, 2.45) is 0 Å². The quantitative estimate of drug-likeness (QED) is 0.664. The van der Waals surface area contributed by atoms with E-state index in [0.717, 1.165) is 23.1 Å². The van der Waals surface area contributed by atoms with Gasteiger partial charge in [-0.15, -0.1) is 0 Å². The van der Waals surface area contributed by atoms with Crippen LogP contribution in [0.1, 0.15) is 12.5 Å². The Labute approximate surface area is 110 Å².